The van der Waals surface area contributed by atoms with Gasteiger partial charge in [0.1, 0.15) is 6.04 Å². The van der Waals surface area contributed by atoms with Crippen molar-refractivity contribution in [3.63, 3.8) is 0 Å². The standard InChI is InChI=1S/C10H17N3O4S/c1-3-4-5-18(16,17)12-9(10(14)15)8-6-11-13(2)7-8/h6-7,9,12H,3-5H2,1-2H3,(H,14,15). The lowest BCUT2D eigenvalue weighted by atomic mass is 10.2. The van der Waals surface area contributed by atoms with Crippen LogP contribution in [0.1, 0.15) is 31.4 Å². The molecule has 102 valence electrons. The first-order valence-corrected chi connectivity index (χ1v) is 7.22. The molecule has 0 aliphatic heterocycles. The molecule has 7 nitrogen and oxygen atoms in total. The van der Waals surface area contributed by atoms with Crippen molar-refractivity contribution in [3.05, 3.63) is 18.0 Å². The Morgan fingerprint density at radius 1 is 1.61 bits per heavy atom. The minimum Gasteiger partial charge on any atom is -0.480 e. The van der Waals surface area contributed by atoms with E-state index in [1.54, 1.807) is 7.05 Å². The van der Waals surface area contributed by atoms with E-state index < -0.39 is 22.0 Å². The zero-order chi connectivity index (χ0) is 13.8. The van der Waals surface area contributed by atoms with Crippen LogP contribution in [0.5, 0.6) is 0 Å². The number of unbranched alkanes of at least 4 members (excludes halogenated alkanes) is 1. The van der Waals surface area contributed by atoms with Crippen LogP contribution in [-0.2, 0) is 21.9 Å². The minimum absolute atomic E-state index is 0.0759. The number of aryl methyl sites for hydroxylation is 1. The topological polar surface area (TPSA) is 101 Å². The molecule has 0 radical (unpaired) electrons. The summed E-state index contributed by atoms with van der Waals surface area (Å²) in [6.45, 7) is 1.87. The molecule has 1 aromatic rings. The smallest absolute Gasteiger partial charge is 0.326 e. The Bertz CT molecular complexity index is 509. The summed E-state index contributed by atoms with van der Waals surface area (Å²) in [4.78, 5) is 11.1. The normalized spacial score (nSPS) is 13.4. The van der Waals surface area contributed by atoms with Gasteiger partial charge in [-0.3, -0.25) is 9.48 Å². The fourth-order valence-electron chi connectivity index (χ4n) is 1.42. The summed E-state index contributed by atoms with van der Waals surface area (Å²) in [6, 6.07) is -1.29. The number of aliphatic carboxylic acids is 1. The van der Waals surface area contributed by atoms with Crippen LogP contribution in [-0.4, -0.2) is 35.0 Å². The van der Waals surface area contributed by atoms with Gasteiger partial charge >= 0.3 is 5.97 Å². The van der Waals surface area contributed by atoms with Gasteiger partial charge in [-0.05, 0) is 6.42 Å². The van der Waals surface area contributed by atoms with Crippen LogP contribution >= 0.6 is 0 Å². The first kappa shape index (κ1) is 14.7. The molecule has 0 saturated heterocycles. The fraction of sp³-hybridized carbons (Fsp3) is 0.600. The van der Waals surface area contributed by atoms with E-state index in [1.165, 1.54) is 17.1 Å². The van der Waals surface area contributed by atoms with E-state index in [2.05, 4.69) is 9.82 Å². The summed E-state index contributed by atoms with van der Waals surface area (Å²) in [6.07, 6.45) is 4.03. The van der Waals surface area contributed by atoms with E-state index in [9.17, 15) is 13.2 Å². The molecule has 0 amide bonds. The summed E-state index contributed by atoms with van der Waals surface area (Å²) in [5.41, 5.74) is 0.310. The molecule has 0 aliphatic carbocycles. The van der Waals surface area contributed by atoms with Crippen molar-refractivity contribution >= 4 is 16.0 Å². The van der Waals surface area contributed by atoms with Crippen molar-refractivity contribution in [2.24, 2.45) is 7.05 Å². The first-order valence-electron chi connectivity index (χ1n) is 5.57. The second-order valence-corrected chi connectivity index (χ2v) is 5.88. The van der Waals surface area contributed by atoms with Crippen molar-refractivity contribution in [3.8, 4) is 0 Å². The van der Waals surface area contributed by atoms with E-state index in [4.69, 9.17) is 5.11 Å². The van der Waals surface area contributed by atoms with Gasteiger partial charge in [-0.25, -0.2) is 8.42 Å². The Kier molecular flexibility index (Phi) is 4.85. The van der Waals surface area contributed by atoms with E-state index >= 15 is 0 Å². The average Bonchev–Trinajstić information content (AvgIpc) is 2.69. The SMILES string of the molecule is CCCCS(=O)(=O)NC(C(=O)O)c1cnn(C)c1. The largest absolute Gasteiger partial charge is 0.480 e. The predicted molar refractivity (Wildman–Crippen MR) is 65.4 cm³/mol. The second kappa shape index (κ2) is 5.96. The molecule has 1 heterocycles. The maximum absolute atomic E-state index is 11.7. The summed E-state index contributed by atoms with van der Waals surface area (Å²) in [5.74, 6) is -1.32. The maximum atomic E-state index is 11.7. The van der Waals surface area contributed by atoms with Crippen LogP contribution < -0.4 is 4.72 Å². The fourth-order valence-corrected chi connectivity index (χ4v) is 2.81. The molecule has 1 aromatic heterocycles. The number of carboxylic acid groups (broad SMARTS) is 1. The van der Waals surface area contributed by atoms with Crippen molar-refractivity contribution < 1.29 is 18.3 Å². The number of aromatic nitrogens is 2. The number of carbonyl (C=O) groups is 1. The lowest BCUT2D eigenvalue weighted by Gasteiger charge is -2.12. The Morgan fingerprint density at radius 2 is 2.28 bits per heavy atom. The van der Waals surface area contributed by atoms with Gasteiger partial charge in [-0.1, -0.05) is 13.3 Å². The van der Waals surface area contributed by atoms with Crippen LogP contribution in [0.25, 0.3) is 0 Å². The summed E-state index contributed by atoms with van der Waals surface area (Å²) in [5, 5.41) is 12.9. The monoisotopic (exact) mass is 275 g/mol. The molecule has 1 unspecified atom stereocenters. The van der Waals surface area contributed by atoms with Gasteiger partial charge in [0.15, 0.2) is 0 Å². The highest BCUT2D eigenvalue weighted by Crippen LogP contribution is 2.13. The molecule has 0 bridgehead atoms. The number of hydrogen-bond donors (Lipinski definition) is 2. The van der Waals surface area contributed by atoms with E-state index in [0.717, 1.165) is 6.42 Å². The van der Waals surface area contributed by atoms with Crippen molar-refractivity contribution in [1.82, 2.24) is 14.5 Å². The van der Waals surface area contributed by atoms with Crippen LogP contribution in [0.3, 0.4) is 0 Å². The quantitative estimate of drug-likeness (QED) is 0.743. The van der Waals surface area contributed by atoms with Gasteiger partial charge in [-0.15, -0.1) is 0 Å². The van der Waals surface area contributed by atoms with Crippen LogP contribution in [0.4, 0.5) is 0 Å². The molecule has 0 aromatic carbocycles. The number of nitrogens with one attached hydrogen (secondary N) is 1. The van der Waals surface area contributed by atoms with E-state index in [1.807, 2.05) is 6.92 Å². The maximum Gasteiger partial charge on any atom is 0.326 e. The molecule has 0 fully saturated rings. The van der Waals surface area contributed by atoms with Crippen LogP contribution in [0.2, 0.25) is 0 Å². The summed E-state index contributed by atoms with van der Waals surface area (Å²) >= 11 is 0. The third-order valence-electron chi connectivity index (χ3n) is 2.37. The Hall–Kier alpha value is -1.41. The minimum atomic E-state index is -3.59. The highest BCUT2D eigenvalue weighted by Gasteiger charge is 2.26. The lowest BCUT2D eigenvalue weighted by molar-refractivity contribution is -0.139. The number of carboxylic acids is 1. The van der Waals surface area contributed by atoms with E-state index in [-0.39, 0.29) is 5.75 Å². The summed E-state index contributed by atoms with van der Waals surface area (Å²) < 4.78 is 27.0. The molecule has 18 heavy (non-hydrogen) atoms. The highest BCUT2D eigenvalue weighted by atomic mass is 32.2. The van der Waals surface area contributed by atoms with Gasteiger partial charge in [0.05, 0.1) is 11.9 Å². The van der Waals surface area contributed by atoms with Gasteiger partial charge in [0, 0.05) is 18.8 Å². The van der Waals surface area contributed by atoms with Crippen molar-refractivity contribution in [2.45, 2.75) is 25.8 Å². The second-order valence-electron chi connectivity index (χ2n) is 4.01. The molecule has 0 saturated carbocycles. The Morgan fingerprint density at radius 3 is 2.72 bits per heavy atom. The predicted octanol–water partition coefficient (Wildman–Crippen LogP) is 0.265. The lowest BCUT2D eigenvalue weighted by Crippen LogP contribution is -2.35. The number of rotatable bonds is 7. The van der Waals surface area contributed by atoms with Gasteiger partial charge in [-0.2, -0.15) is 9.82 Å². The number of sulfonamides is 1. The third kappa shape index (κ3) is 4.11. The molecule has 2 N–H and O–H groups in total. The van der Waals surface area contributed by atoms with Gasteiger partial charge < -0.3 is 5.11 Å². The van der Waals surface area contributed by atoms with Crippen LogP contribution in [0.15, 0.2) is 12.4 Å². The molecule has 8 heteroatoms. The average molecular weight is 275 g/mol. The molecular weight excluding hydrogens is 258 g/mol. The Labute approximate surface area is 106 Å². The molecule has 1 rings (SSSR count). The third-order valence-corrected chi connectivity index (χ3v) is 3.79. The molecule has 1 atom stereocenters. The molecule has 0 aliphatic rings. The zero-order valence-electron chi connectivity index (χ0n) is 10.3. The highest BCUT2D eigenvalue weighted by molar-refractivity contribution is 7.89. The number of hydrogen-bond acceptors (Lipinski definition) is 4. The first-order chi connectivity index (χ1) is 8.35. The van der Waals surface area contributed by atoms with Gasteiger partial charge in [0.25, 0.3) is 0 Å². The zero-order valence-corrected chi connectivity index (χ0v) is 11.1. The number of nitrogens with zero attached hydrogens (tertiary/aromatic N) is 2. The van der Waals surface area contributed by atoms with Gasteiger partial charge in [0.2, 0.25) is 10.0 Å². The van der Waals surface area contributed by atoms with Crippen molar-refractivity contribution in [1.29, 1.82) is 0 Å². The van der Waals surface area contributed by atoms with Crippen molar-refractivity contribution in [2.75, 3.05) is 5.75 Å². The molecule has 0 spiro atoms. The summed E-state index contributed by atoms with van der Waals surface area (Å²) in [7, 11) is -1.96. The van der Waals surface area contributed by atoms with Crippen LogP contribution in [0, 0.1) is 0 Å². The van der Waals surface area contributed by atoms with E-state index in [0.29, 0.717) is 12.0 Å². The Balaban J connectivity index is 2.85. The molecular formula is C10H17N3O4S.